The molecule has 2 N–H and O–H groups in total. The van der Waals surface area contributed by atoms with E-state index in [1.54, 1.807) is 6.92 Å². The number of alkyl halides is 3. The van der Waals surface area contributed by atoms with Gasteiger partial charge in [0.05, 0.1) is 4.90 Å². The average molecular weight is 324 g/mol. The first-order valence-electron chi connectivity index (χ1n) is 5.79. The standard InChI is InChI=1S/C12H15F3N2O3S/c1-7-4-9(21(16,19)20)5-10(8(7)2)11(18)17(3)6-12(13,14)15/h4-5H,6H2,1-3H3,(H2,16,19,20). The zero-order valence-corrected chi connectivity index (χ0v) is 12.5. The van der Waals surface area contributed by atoms with Crippen LogP contribution in [0.5, 0.6) is 0 Å². The Balaban J connectivity index is 3.30. The minimum Gasteiger partial charge on any atom is -0.333 e. The fourth-order valence-electron chi connectivity index (χ4n) is 1.76. The summed E-state index contributed by atoms with van der Waals surface area (Å²) >= 11 is 0. The fraction of sp³-hybridized carbons (Fsp3) is 0.417. The van der Waals surface area contributed by atoms with E-state index in [0.29, 0.717) is 16.0 Å². The number of amides is 1. The van der Waals surface area contributed by atoms with Crippen molar-refractivity contribution in [2.45, 2.75) is 24.9 Å². The maximum atomic E-state index is 12.3. The molecule has 0 fully saturated rings. The van der Waals surface area contributed by atoms with Crippen molar-refractivity contribution in [2.24, 2.45) is 5.14 Å². The minimum absolute atomic E-state index is 0.120. The Bertz CT molecular complexity index is 669. The van der Waals surface area contributed by atoms with Crippen LogP contribution in [0.25, 0.3) is 0 Å². The number of hydrogen-bond acceptors (Lipinski definition) is 3. The van der Waals surface area contributed by atoms with Gasteiger partial charge in [0.2, 0.25) is 10.0 Å². The highest BCUT2D eigenvalue weighted by Gasteiger charge is 2.32. The molecule has 0 saturated carbocycles. The van der Waals surface area contributed by atoms with E-state index in [1.807, 2.05) is 0 Å². The Morgan fingerprint density at radius 1 is 1.29 bits per heavy atom. The zero-order valence-electron chi connectivity index (χ0n) is 11.7. The lowest BCUT2D eigenvalue weighted by Gasteiger charge is -2.21. The molecule has 1 aromatic rings. The molecule has 9 heteroatoms. The number of aryl methyl sites for hydroxylation is 1. The molecule has 0 atom stereocenters. The van der Waals surface area contributed by atoms with Gasteiger partial charge < -0.3 is 4.90 Å². The molecule has 0 spiro atoms. The van der Waals surface area contributed by atoms with Crippen LogP contribution in [0.4, 0.5) is 13.2 Å². The van der Waals surface area contributed by atoms with Gasteiger partial charge in [-0.2, -0.15) is 13.2 Å². The molecule has 5 nitrogen and oxygen atoms in total. The molecule has 0 heterocycles. The van der Waals surface area contributed by atoms with Gasteiger partial charge in [0.15, 0.2) is 0 Å². The predicted molar refractivity (Wildman–Crippen MR) is 70.3 cm³/mol. The summed E-state index contributed by atoms with van der Waals surface area (Å²) in [6.07, 6.45) is -4.54. The lowest BCUT2D eigenvalue weighted by atomic mass is 10.0. The van der Waals surface area contributed by atoms with Crippen molar-refractivity contribution in [1.29, 1.82) is 0 Å². The number of nitrogens with zero attached hydrogens (tertiary/aromatic N) is 1. The van der Waals surface area contributed by atoms with E-state index in [2.05, 4.69) is 0 Å². The van der Waals surface area contributed by atoms with Crippen LogP contribution in [0, 0.1) is 13.8 Å². The van der Waals surface area contributed by atoms with E-state index < -0.39 is 28.7 Å². The molecule has 118 valence electrons. The van der Waals surface area contributed by atoms with E-state index in [-0.39, 0.29) is 10.5 Å². The van der Waals surface area contributed by atoms with E-state index in [9.17, 15) is 26.4 Å². The molecule has 21 heavy (non-hydrogen) atoms. The smallest absolute Gasteiger partial charge is 0.333 e. The third-order valence-corrected chi connectivity index (χ3v) is 3.86. The van der Waals surface area contributed by atoms with Crippen molar-refractivity contribution in [2.75, 3.05) is 13.6 Å². The molecule has 1 rings (SSSR count). The number of carbonyl (C=O) groups excluding carboxylic acids is 1. The number of nitrogens with two attached hydrogens (primary N) is 1. The average Bonchev–Trinajstić information content (AvgIpc) is 2.27. The van der Waals surface area contributed by atoms with E-state index in [1.165, 1.54) is 13.0 Å². The third kappa shape index (κ3) is 4.43. The van der Waals surface area contributed by atoms with Crippen LogP contribution in [-0.4, -0.2) is 39.0 Å². The second-order valence-corrected chi connectivity index (χ2v) is 6.30. The van der Waals surface area contributed by atoms with Crippen LogP contribution < -0.4 is 5.14 Å². The van der Waals surface area contributed by atoms with Crippen molar-refractivity contribution < 1.29 is 26.4 Å². The van der Waals surface area contributed by atoms with Gasteiger partial charge in [-0.15, -0.1) is 0 Å². The van der Waals surface area contributed by atoms with Gasteiger partial charge in [0.1, 0.15) is 6.54 Å². The second-order valence-electron chi connectivity index (χ2n) is 4.73. The van der Waals surface area contributed by atoms with Crippen LogP contribution in [0.2, 0.25) is 0 Å². The first-order valence-corrected chi connectivity index (χ1v) is 7.34. The number of benzene rings is 1. The first-order chi connectivity index (χ1) is 9.33. The Morgan fingerprint density at radius 2 is 1.81 bits per heavy atom. The molecule has 1 amide bonds. The summed E-state index contributed by atoms with van der Waals surface area (Å²) in [5.41, 5.74) is 0.734. The molecule has 0 aromatic heterocycles. The molecular formula is C12H15F3N2O3S. The summed E-state index contributed by atoms with van der Waals surface area (Å²) in [5, 5.41) is 4.99. The fourth-order valence-corrected chi connectivity index (χ4v) is 2.38. The summed E-state index contributed by atoms with van der Waals surface area (Å²) in [6, 6.07) is 2.26. The lowest BCUT2D eigenvalue weighted by Crippen LogP contribution is -2.36. The highest BCUT2D eigenvalue weighted by molar-refractivity contribution is 7.89. The Kier molecular flexibility index (Phi) is 4.69. The molecule has 0 unspecified atom stereocenters. The van der Waals surface area contributed by atoms with Crippen LogP contribution >= 0.6 is 0 Å². The summed E-state index contributed by atoms with van der Waals surface area (Å²) in [6.45, 7) is 1.64. The molecule has 0 aliphatic heterocycles. The highest BCUT2D eigenvalue weighted by atomic mass is 32.2. The van der Waals surface area contributed by atoms with Crippen LogP contribution in [0.15, 0.2) is 17.0 Å². The largest absolute Gasteiger partial charge is 0.406 e. The lowest BCUT2D eigenvalue weighted by molar-refractivity contribution is -0.138. The number of primary sulfonamides is 1. The van der Waals surface area contributed by atoms with Crippen LogP contribution in [0.1, 0.15) is 21.5 Å². The summed E-state index contributed by atoms with van der Waals surface area (Å²) < 4.78 is 59.6. The maximum Gasteiger partial charge on any atom is 0.406 e. The van der Waals surface area contributed by atoms with Gasteiger partial charge >= 0.3 is 6.18 Å². The minimum atomic E-state index is -4.54. The first kappa shape index (κ1) is 17.4. The van der Waals surface area contributed by atoms with Crippen molar-refractivity contribution in [3.05, 3.63) is 28.8 Å². The second kappa shape index (κ2) is 5.64. The quantitative estimate of drug-likeness (QED) is 0.917. The molecule has 0 aliphatic rings. The Morgan fingerprint density at radius 3 is 2.24 bits per heavy atom. The number of sulfonamides is 1. The number of rotatable bonds is 3. The van der Waals surface area contributed by atoms with E-state index >= 15 is 0 Å². The third-order valence-electron chi connectivity index (χ3n) is 2.96. The molecule has 0 radical (unpaired) electrons. The SMILES string of the molecule is Cc1cc(S(N)(=O)=O)cc(C(=O)N(C)CC(F)(F)F)c1C. The van der Waals surface area contributed by atoms with Gasteiger partial charge in [-0.05, 0) is 37.1 Å². The van der Waals surface area contributed by atoms with Crippen molar-refractivity contribution >= 4 is 15.9 Å². The summed E-state index contributed by atoms with van der Waals surface area (Å²) in [7, 11) is -3.06. The zero-order chi connectivity index (χ0) is 16.6. The van der Waals surface area contributed by atoms with Gasteiger partial charge in [0.25, 0.3) is 5.91 Å². The van der Waals surface area contributed by atoms with Gasteiger partial charge in [-0.1, -0.05) is 0 Å². The summed E-state index contributed by atoms with van der Waals surface area (Å²) in [4.78, 5) is 12.2. The maximum absolute atomic E-state index is 12.3. The van der Waals surface area contributed by atoms with Gasteiger partial charge in [0, 0.05) is 12.6 Å². The van der Waals surface area contributed by atoms with Crippen molar-refractivity contribution in [1.82, 2.24) is 4.90 Å². The van der Waals surface area contributed by atoms with Crippen LogP contribution in [0.3, 0.4) is 0 Å². The predicted octanol–water partition coefficient (Wildman–Crippen LogP) is 1.59. The van der Waals surface area contributed by atoms with Crippen molar-refractivity contribution in [3.8, 4) is 0 Å². The van der Waals surface area contributed by atoms with Gasteiger partial charge in [-0.25, -0.2) is 13.6 Å². The van der Waals surface area contributed by atoms with Gasteiger partial charge in [-0.3, -0.25) is 4.79 Å². The highest BCUT2D eigenvalue weighted by Crippen LogP contribution is 2.22. The molecule has 0 saturated heterocycles. The van der Waals surface area contributed by atoms with E-state index in [4.69, 9.17) is 5.14 Å². The molecule has 0 bridgehead atoms. The number of halogens is 3. The molecule has 1 aromatic carbocycles. The molecule has 0 aliphatic carbocycles. The Labute approximate surface area is 120 Å². The normalized spacial score (nSPS) is 12.3. The topological polar surface area (TPSA) is 80.5 Å². The Hall–Kier alpha value is -1.61. The number of carbonyl (C=O) groups is 1. The molecular weight excluding hydrogens is 309 g/mol. The monoisotopic (exact) mass is 324 g/mol. The van der Waals surface area contributed by atoms with Crippen molar-refractivity contribution in [3.63, 3.8) is 0 Å². The van der Waals surface area contributed by atoms with E-state index in [0.717, 1.165) is 13.1 Å². The van der Waals surface area contributed by atoms with Crippen LogP contribution in [-0.2, 0) is 10.0 Å². The summed E-state index contributed by atoms with van der Waals surface area (Å²) in [5.74, 6) is -0.918. The number of hydrogen-bond donors (Lipinski definition) is 1.